The van der Waals surface area contributed by atoms with Gasteiger partial charge in [0.15, 0.2) is 0 Å². The highest BCUT2D eigenvalue weighted by Gasteiger charge is 2.18. The van der Waals surface area contributed by atoms with Gasteiger partial charge in [-0.05, 0) is 43.2 Å². The Kier molecular flexibility index (Phi) is 5.89. The molecule has 0 aliphatic heterocycles. The number of pyridine rings is 1. The average Bonchev–Trinajstić information content (AvgIpc) is 2.64. The number of carbonyl (C=O) groups excluding carboxylic acids is 1. The van der Waals surface area contributed by atoms with E-state index in [-0.39, 0.29) is 12.6 Å². The van der Waals surface area contributed by atoms with Gasteiger partial charge in [0.2, 0.25) is 0 Å². The van der Waals surface area contributed by atoms with Crippen LogP contribution in [-0.4, -0.2) is 24.2 Å². The summed E-state index contributed by atoms with van der Waals surface area (Å²) in [5.74, 6) is 0.392. The molecule has 0 unspecified atom stereocenters. The molecule has 0 N–H and O–H groups in total. The van der Waals surface area contributed by atoms with E-state index >= 15 is 0 Å². The van der Waals surface area contributed by atoms with Gasteiger partial charge in [0.25, 0.3) is 0 Å². The molecule has 0 saturated heterocycles. The Labute approximate surface area is 161 Å². The van der Waals surface area contributed by atoms with Gasteiger partial charge in [-0.25, -0.2) is 4.79 Å². The van der Waals surface area contributed by atoms with Crippen LogP contribution in [0.4, 0.5) is 0 Å². The molecular formula is C21H20BrNO3. The highest BCUT2D eigenvalue weighted by Crippen LogP contribution is 2.24. The maximum absolute atomic E-state index is 12.7. The third kappa shape index (κ3) is 4.05. The van der Waals surface area contributed by atoms with Crippen LogP contribution in [0.5, 0.6) is 5.75 Å². The number of benzene rings is 2. The van der Waals surface area contributed by atoms with Crippen LogP contribution in [0.15, 0.2) is 53.0 Å². The molecule has 4 nitrogen and oxygen atoms in total. The summed E-state index contributed by atoms with van der Waals surface area (Å²) in [6.45, 7) is 4.44. The second-order valence-corrected chi connectivity index (χ2v) is 6.79. The van der Waals surface area contributed by atoms with Gasteiger partial charge < -0.3 is 9.47 Å². The van der Waals surface area contributed by atoms with Gasteiger partial charge in [0.05, 0.1) is 11.1 Å². The molecule has 3 aromatic rings. The van der Waals surface area contributed by atoms with E-state index < -0.39 is 0 Å². The van der Waals surface area contributed by atoms with Gasteiger partial charge in [0.1, 0.15) is 19.0 Å². The zero-order chi connectivity index (χ0) is 18.5. The van der Waals surface area contributed by atoms with Crippen molar-refractivity contribution >= 4 is 32.8 Å². The molecule has 0 amide bonds. The number of halogens is 1. The van der Waals surface area contributed by atoms with Crippen LogP contribution in [0.25, 0.3) is 10.9 Å². The van der Waals surface area contributed by atoms with Crippen molar-refractivity contribution in [1.82, 2.24) is 4.98 Å². The van der Waals surface area contributed by atoms with Gasteiger partial charge >= 0.3 is 5.97 Å². The fourth-order valence-corrected chi connectivity index (χ4v) is 3.27. The number of hydrogen-bond acceptors (Lipinski definition) is 4. The normalized spacial score (nSPS) is 10.7. The van der Waals surface area contributed by atoms with Gasteiger partial charge in [-0.2, -0.15) is 0 Å². The lowest BCUT2D eigenvalue weighted by Crippen LogP contribution is -2.15. The number of aromatic nitrogens is 1. The first-order valence-corrected chi connectivity index (χ1v) is 9.33. The van der Waals surface area contributed by atoms with Crippen LogP contribution < -0.4 is 4.74 Å². The van der Waals surface area contributed by atoms with E-state index in [2.05, 4.69) is 20.9 Å². The zero-order valence-electron chi connectivity index (χ0n) is 14.8. The van der Waals surface area contributed by atoms with E-state index in [0.717, 1.165) is 38.8 Å². The van der Waals surface area contributed by atoms with Crippen molar-refractivity contribution in [1.29, 1.82) is 0 Å². The summed E-state index contributed by atoms with van der Waals surface area (Å²) in [5.41, 5.74) is 3.20. The first-order valence-electron chi connectivity index (χ1n) is 8.54. The van der Waals surface area contributed by atoms with E-state index in [1.807, 2.05) is 62.4 Å². The molecule has 2 aromatic carbocycles. The number of aryl methyl sites for hydroxylation is 1. The van der Waals surface area contributed by atoms with Crippen molar-refractivity contribution in [3.8, 4) is 5.75 Å². The summed E-state index contributed by atoms with van der Waals surface area (Å²) < 4.78 is 12.0. The van der Waals surface area contributed by atoms with Crippen molar-refractivity contribution in [3.63, 3.8) is 0 Å². The van der Waals surface area contributed by atoms with Crippen LogP contribution in [0.1, 0.15) is 28.5 Å². The monoisotopic (exact) mass is 413 g/mol. The topological polar surface area (TPSA) is 48.4 Å². The summed E-state index contributed by atoms with van der Waals surface area (Å²) in [5, 5.41) is 0.820. The molecule has 0 atom stereocenters. The minimum absolute atomic E-state index is 0.183. The van der Waals surface area contributed by atoms with Crippen LogP contribution in [0.3, 0.4) is 0 Å². The molecular weight excluding hydrogens is 394 g/mol. The zero-order valence-corrected chi connectivity index (χ0v) is 16.4. The van der Waals surface area contributed by atoms with E-state index in [1.165, 1.54) is 0 Å². The lowest BCUT2D eigenvalue weighted by atomic mass is 10.0. The summed E-state index contributed by atoms with van der Waals surface area (Å²) in [4.78, 5) is 17.3. The molecule has 0 aliphatic carbocycles. The second kappa shape index (κ2) is 8.32. The largest absolute Gasteiger partial charge is 0.490 e. The van der Waals surface area contributed by atoms with E-state index in [1.54, 1.807) is 0 Å². The summed E-state index contributed by atoms with van der Waals surface area (Å²) in [6.07, 6.45) is 0.767. The molecule has 26 heavy (non-hydrogen) atoms. The maximum atomic E-state index is 12.7. The standard InChI is InChI=1S/C21H20BrNO3/c1-3-18-14(2)20(17-9-4-5-10-19(17)23-18)21(24)26-12-11-25-16-8-6-7-15(22)13-16/h4-10,13H,3,11-12H2,1-2H3. The van der Waals surface area contributed by atoms with Crippen molar-refractivity contribution < 1.29 is 14.3 Å². The Bertz CT molecular complexity index is 940. The molecule has 1 aromatic heterocycles. The van der Waals surface area contributed by atoms with Gasteiger partial charge in [-0.1, -0.05) is 47.1 Å². The molecule has 0 saturated carbocycles. The number of rotatable bonds is 6. The lowest BCUT2D eigenvalue weighted by Gasteiger charge is -2.13. The maximum Gasteiger partial charge on any atom is 0.339 e. The Morgan fingerprint density at radius 1 is 1.12 bits per heavy atom. The highest BCUT2D eigenvalue weighted by molar-refractivity contribution is 9.10. The predicted octanol–water partition coefficient (Wildman–Crippen LogP) is 5.10. The smallest absolute Gasteiger partial charge is 0.339 e. The van der Waals surface area contributed by atoms with Crippen LogP contribution >= 0.6 is 15.9 Å². The van der Waals surface area contributed by atoms with E-state index in [4.69, 9.17) is 9.47 Å². The SMILES string of the molecule is CCc1nc2ccccc2c(C(=O)OCCOc2cccc(Br)c2)c1C. The number of ether oxygens (including phenoxy) is 2. The Morgan fingerprint density at radius 2 is 1.92 bits per heavy atom. The number of esters is 1. The third-order valence-electron chi connectivity index (χ3n) is 4.16. The number of carbonyl (C=O) groups is 1. The van der Waals surface area contributed by atoms with Crippen LogP contribution in [0.2, 0.25) is 0 Å². The van der Waals surface area contributed by atoms with Crippen molar-refractivity contribution in [2.45, 2.75) is 20.3 Å². The average molecular weight is 414 g/mol. The van der Waals surface area contributed by atoms with Crippen molar-refractivity contribution in [3.05, 3.63) is 69.8 Å². The van der Waals surface area contributed by atoms with E-state index in [9.17, 15) is 4.79 Å². The molecule has 3 rings (SSSR count). The number of fused-ring (bicyclic) bond motifs is 1. The number of hydrogen-bond donors (Lipinski definition) is 0. The minimum atomic E-state index is -0.339. The second-order valence-electron chi connectivity index (χ2n) is 5.87. The fourth-order valence-electron chi connectivity index (χ4n) is 2.89. The van der Waals surface area contributed by atoms with Crippen LogP contribution in [0, 0.1) is 6.92 Å². The highest BCUT2D eigenvalue weighted by atomic mass is 79.9. The summed E-state index contributed by atoms with van der Waals surface area (Å²) >= 11 is 3.40. The molecule has 134 valence electrons. The lowest BCUT2D eigenvalue weighted by molar-refractivity contribution is 0.0451. The molecule has 0 bridgehead atoms. The fraction of sp³-hybridized carbons (Fsp3) is 0.238. The first-order chi connectivity index (χ1) is 12.6. The molecule has 0 fully saturated rings. The van der Waals surface area contributed by atoms with Crippen molar-refractivity contribution in [2.75, 3.05) is 13.2 Å². The quantitative estimate of drug-likeness (QED) is 0.416. The predicted molar refractivity (Wildman–Crippen MR) is 106 cm³/mol. The Hall–Kier alpha value is -2.40. The summed E-state index contributed by atoms with van der Waals surface area (Å²) in [7, 11) is 0. The number of nitrogens with zero attached hydrogens (tertiary/aromatic N) is 1. The Morgan fingerprint density at radius 3 is 2.69 bits per heavy atom. The minimum Gasteiger partial charge on any atom is -0.490 e. The van der Waals surface area contributed by atoms with E-state index in [0.29, 0.717) is 12.2 Å². The molecule has 5 heteroatoms. The number of para-hydroxylation sites is 1. The summed E-state index contributed by atoms with van der Waals surface area (Å²) in [6, 6.07) is 15.2. The third-order valence-corrected chi connectivity index (χ3v) is 4.65. The first kappa shape index (κ1) is 18.4. The molecule has 1 heterocycles. The Balaban J connectivity index is 1.72. The molecule has 0 radical (unpaired) electrons. The van der Waals surface area contributed by atoms with Crippen LogP contribution in [-0.2, 0) is 11.2 Å². The molecule has 0 spiro atoms. The van der Waals surface area contributed by atoms with Gasteiger partial charge in [-0.3, -0.25) is 4.98 Å². The van der Waals surface area contributed by atoms with Crippen molar-refractivity contribution in [2.24, 2.45) is 0 Å². The molecule has 0 aliphatic rings. The van der Waals surface area contributed by atoms with Gasteiger partial charge in [0, 0.05) is 15.6 Å². The van der Waals surface area contributed by atoms with Gasteiger partial charge in [-0.15, -0.1) is 0 Å².